The highest BCUT2D eigenvalue weighted by Crippen LogP contribution is 2.21. The molecule has 1 aromatic heterocycles. The fourth-order valence-corrected chi connectivity index (χ4v) is 2.56. The maximum atomic E-state index is 12.0. The van der Waals surface area contributed by atoms with Crippen LogP contribution in [-0.4, -0.2) is 38.6 Å². The van der Waals surface area contributed by atoms with Gasteiger partial charge in [-0.15, -0.1) is 0 Å². The van der Waals surface area contributed by atoms with Crippen LogP contribution in [0.15, 0.2) is 6.33 Å². The van der Waals surface area contributed by atoms with E-state index in [0.29, 0.717) is 5.92 Å². The van der Waals surface area contributed by atoms with Crippen molar-refractivity contribution in [2.45, 2.75) is 51.7 Å². The number of carbonyl (C=O) groups is 1. The summed E-state index contributed by atoms with van der Waals surface area (Å²) in [5.74, 6) is 1.22. The van der Waals surface area contributed by atoms with Crippen molar-refractivity contribution in [3.63, 3.8) is 0 Å². The summed E-state index contributed by atoms with van der Waals surface area (Å²) >= 11 is 0. The standard InChI is InChI=1S/C13H23N5O2/c1-9(2)6-10(7-19)16-13(20)17-11-4-3-5-18-12(11)14-8-15-18/h8-11,19H,3-7H2,1-2H3,(H2,16,17,20). The van der Waals surface area contributed by atoms with Crippen molar-refractivity contribution in [3.05, 3.63) is 12.2 Å². The first-order valence-electron chi connectivity index (χ1n) is 7.15. The van der Waals surface area contributed by atoms with Crippen molar-refractivity contribution >= 4 is 6.03 Å². The summed E-state index contributed by atoms with van der Waals surface area (Å²) in [5, 5.41) is 19.1. The van der Waals surface area contributed by atoms with Crippen LogP contribution in [0, 0.1) is 5.92 Å². The van der Waals surface area contributed by atoms with Gasteiger partial charge < -0.3 is 15.7 Å². The minimum absolute atomic E-state index is 0.0492. The number of urea groups is 1. The Balaban J connectivity index is 1.89. The van der Waals surface area contributed by atoms with E-state index in [-0.39, 0.29) is 24.7 Å². The van der Waals surface area contributed by atoms with Gasteiger partial charge in [-0.3, -0.25) is 0 Å². The van der Waals surface area contributed by atoms with E-state index in [0.717, 1.165) is 31.6 Å². The Morgan fingerprint density at radius 3 is 3.10 bits per heavy atom. The lowest BCUT2D eigenvalue weighted by Crippen LogP contribution is -2.46. The van der Waals surface area contributed by atoms with E-state index in [4.69, 9.17) is 0 Å². The largest absolute Gasteiger partial charge is 0.394 e. The van der Waals surface area contributed by atoms with Crippen LogP contribution in [0.5, 0.6) is 0 Å². The molecule has 0 saturated carbocycles. The van der Waals surface area contributed by atoms with Crippen LogP contribution in [0.1, 0.15) is 45.0 Å². The Morgan fingerprint density at radius 1 is 1.60 bits per heavy atom. The first kappa shape index (κ1) is 14.8. The molecule has 2 heterocycles. The smallest absolute Gasteiger partial charge is 0.315 e. The molecule has 0 radical (unpaired) electrons. The Hall–Kier alpha value is -1.63. The van der Waals surface area contributed by atoms with Gasteiger partial charge in [0.15, 0.2) is 0 Å². The summed E-state index contributed by atoms with van der Waals surface area (Å²) < 4.78 is 1.83. The third-order valence-corrected chi connectivity index (χ3v) is 3.44. The van der Waals surface area contributed by atoms with Gasteiger partial charge in [0.1, 0.15) is 12.2 Å². The molecule has 20 heavy (non-hydrogen) atoms. The summed E-state index contributed by atoms with van der Waals surface area (Å²) in [6.07, 6.45) is 4.10. The zero-order valence-electron chi connectivity index (χ0n) is 12.0. The average Bonchev–Trinajstić information content (AvgIpc) is 2.86. The van der Waals surface area contributed by atoms with Crippen LogP contribution in [0.4, 0.5) is 4.79 Å². The van der Waals surface area contributed by atoms with E-state index < -0.39 is 0 Å². The second kappa shape index (κ2) is 6.69. The van der Waals surface area contributed by atoms with E-state index in [9.17, 15) is 9.90 Å². The molecule has 2 amide bonds. The van der Waals surface area contributed by atoms with Crippen LogP contribution >= 0.6 is 0 Å². The van der Waals surface area contributed by atoms with E-state index in [2.05, 4.69) is 34.6 Å². The van der Waals surface area contributed by atoms with Gasteiger partial charge >= 0.3 is 6.03 Å². The summed E-state index contributed by atoms with van der Waals surface area (Å²) in [7, 11) is 0. The highest BCUT2D eigenvalue weighted by Gasteiger charge is 2.24. The number of rotatable bonds is 5. The van der Waals surface area contributed by atoms with E-state index in [1.165, 1.54) is 6.33 Å². The number of aliphatic hydroxyl groups is 1. The van der Waals surface area contributed by atoms with E-state index >= 15 is 0 Å². The lowest BCUT2D eigenvalue weighted by atomic mass is 10.0. The molecule has 0 saturated heterocycles. The Bertz CT molecular complexity index is 446. The highest BCUT2D eigenvalue weighted by atomic mass is 16.3. The third-order valence-electron chi connectivity index (χ3n) is 3.44. The number of aromatic nitrogens is 3. The first-order valence-corrected chi connectivity index (χ1v) is 7.15. The molecule has 0 aromatic carbocycles. The number of carbonyl (C=O) groups excluding carboxylic acids is 1. The Morgan fingerprint density at radius 2 is 2.40 bits per heavy atom. The van der Waals surface area contributed by atoms with Crippen molar-refractivity contribution in [1.29, 1.82) is 0 Å². The molecule has 0 bridgehead atoms. The van der Waals surface area contributed by atoms with Crippen molar-refractivity contribution in [2.75, 3.05) is 6.61 Å². The van der Waals surface area contributed by atoms with Gasteiger partial charge in [-0.25, -0.2) is 14.5 Å². The molecule has 3 N–H and O–H groups in total. The number of nitrogens with zero attached hydrogens (tertiary/aromatic N) is 3. The Kier molecular flexibility index (Phi) is 4.94. The number of fused-ring (bicyclic) bond motifs is 1. The molecule has 1 aliphatic rings. The van der Waals surface area contributed by atoms with Gasteiger partial charge in [-0.2, -0.15) is 5.10 Å². The van der Waals surface area contributed by atoms with Crippen LogP contribution in [0.25, 0.3) is 0 Å². The summed E-state index contributed by atoms with van der Waals surface area (Å²) in [6, 6.07) is -0.577. The second-order valence-corrected chi connectivity index (χ2v) is 5.66. The highest BCUT2D eigenvalue weighted by molar-refractivity contribution is 5.74. The Labute approximate surface area is 118 Å². The summed E-state index contributed by atoms with van der Waals surface area (Å²) in [4.78, 5) is 16.2. The minimum Gasteiger partial charge on any atom is -0.394 e. The van der Waals surface area contributed by atoms with Crippen molar-refractivity contribution < 1.29 is 9.90 Å². The van der Waals surface area contributed by atoms with Gasteiger partial charge in [0.05, 0.1) is 18.7 Å². The number of aryl methyl sites for hydroxylation is 1. The van der Waals surface area contributed by atoms with Gasteiger partial charge in [-0.1, -0.05) is 13.8 Å². The van der Waals surface area contributed by atoms with Crippen LogP contribution in [-0.2, 0) is 6.54 Å². The fraction of sp³-hybridized carbons (Fsp3) is 0.769. The van der Waals surface area contributed by atoms with Crippen LogP contribution in [0.3, 0.4) is 0 Å². The topological polar surface area (TPSA) is 92.1 Å². The quantitative estimate of drug-likeness (QED) is 0.745. The van der Waals surface area contributed by atoms with Crippen LogP contribution < -0.4 is 10.6 Å². The maximum Gasteiger partial charge on any atom is 0.315 e. The molecule has 0 aliphatic carbocycles. The molecule has 1 aromatic rings. The van der Waals surface area contributed by atoms with Gasteiger partial charge in [0, 0.05) is 6.54 Å². The molecule has 0 fully saturated rings. The van der Waals surface area contributed by atoms with Crippen molar-refractivity contribution in [2.24, 2.45) is 5.92 Å². The molecule has 2 rings (SSSR count). The zero-order valence-corrected chi connectivity index (χ0v) is 12.0. The number of hydrogen-bond acceptors (Lipinski definition) is 4. The van der Waals surface area contributed by atoms with Gasteiger partial charge in [-0.05, 0) is 25.2 Å². The minimum atomic E-state index is -0.258. The molecule has 7 heteroatoms. The number of nitrogens with one attached hydrogen (secondary N) is 2. The van der Waals surface area contributed by atoms with Crippen molar-refractivity contribution in [1.82, 2.24) is 25.4 Å². The van der Waals surface area contributed by atoms with E-state index in [1.54, 1.807) is 0 Å². The molecule has 7 nitrogen and oxygen atoms in total. The lowest BCUT2D eigenvalue weighted by molar-refractivity contribution is 0.202. The zero-order chi connectivity index (χ0) is 14.5. The molecule has 2 unspecified atom stereocenters. The lowest BCUT2D eigenvalue weighted by Gasteiger charge is -2.25. The summed E-state index contributed by atoms with van der Waals surface area (Å²) in [5.41, 5.74) is 0. The average molecular weight is 281 g/mol. The molecule has 1 aliphatic heterocycles. The third kappa shape index (κ3) is 3.69. The maximum absolute atomic E-state index is 12.0. The molecule has 112 valence electrons. The predicted molar refractivity (Wildman–Crippen MR) is 74.0 cm³/mol. The van der Waals surface area contributed by atoms with Gasteiger partial charge in [0.2, 0.25) is 0 Å². The van der Waals surface area contributed by atoms with E-state index in [1.807, 2.05) is 4.68 Å². The second-order valence-electron chi connectivity index (χ2n) is 5.66. The fourth-order valence-electron chi connectivity index (χ4n) is 2.56. The monoisotopic (exact) mass is 281 g/mol. The van der Waals surface area contributed by atoms with Crippen LogP contribution in [0.2, 0.25) is 0 Å². The number of aliphatic hydroxyl groups excluding tert-OH is 1. The summed E-state index contributed by atoms with van der Waals surface area (Å²) in [6.45, 7) is 4.92. The SMILES string of the molecule is CC(C)CC(CO)NC(=O)NC1CCCn2ncnc21. The molecule has 0 spiro atoms. The molecular formula is C13H23N5O2. The number of hydrogen-bond donors (Lipinski definition) is 3. The predicted octanol–water partition coefficient (Wildman–Crippen LogP) is 0.819. The van der Waals surface area contributed by atoms with Crippen molar-refractivity contribution in [3.8, 4) is 0 Å². The number of amides is 2. The molecular weight excluding hydrogens is 258 g/mol. The molecule has 2 atom stereocenters. The van der Waals surface area contributed by atoms with Gasteiger partial charge in [0.25, 0.3) is 0 Å². The first-order chi connectivity index (χ1) is 9.60. The normalized spacial score (nSPS) is 19.5.